The summed E-state index contributed by atoms with van der Waals surface area (Å²) in [5, 5.41) is 17.5. The van der Waals surface area contributed by atoms with Crippen molar-refractivity contribution in [2.45, 2.75) is 0 Å². The van der Waals surface area contributed by atoms with Crippen molar-refractivity contribution in [2.75, 3.05) is 19.0 Å². The first-order valence-electron chi connectivity index (χ1n) is 7.20. The average Bonchev–Trinajstić information content (AvgIpc) is 2.59. The summed E-state index contributed by atoms with van der Waals surface area (Å²) in [6.45, 7) is 0. The van der Waals surface area contributed by atoms with E-state index in [2.05, 4.69) is 35.2 Å². The molecule has 0 radical (unpaired) electrons. The second-order valence-corrected chi connectivity index (χ2v) is 5.27. The Hall–Kier alpha value is -3.30. The maximum absolute atomic E-state index is 8.75. The number of rotatable bonds is 4. The SMILES string of the molecule is CN(C)c1ccc(C=Cc2ccc(C=C(C#N)C#N)cc2)cc1. The van der Waals surface area contributed by atoms with Crippen molar-refractivity contribution in [1.82, 2.24) is 0 Å². The number of benzene rings is 2. The predicted octanol–water partition coefficient (Wildman–Crippen LogP) is 4.35. The third-order valence-electron chi connectivity index (χ3n) is 3.37. The Balaban J connectivity index is 2.10. The topological polar surface area (TPSA) is 50.8 Å². The van der Waals surface area contributed by atoms with Crippen molar-refractivity contribution < 1.29 is 0 Å². The Morgan fingerprint density at radius 1 is 0.783 bits per heavy atom. The number of allylic oxidation sites excluding steroid dienone is 1. The third kappa shape index (κ3) is 4.59. The summed E-state index contributed by atoms with van der Waals surface area (Å²) >= 11 is 0. The van der Waals surface area contributed by atoms with E-state index in [0.717, 1.165) is 16.7 Å². The summed E-state index contributed by atoms with van der Waals surface area (Å²) in [4.78, 5) is 2.07. The van der Waals surface area contributed by atoms with Gasteiger partial charge in [-0.25, -0.2) is 0 Å². The largest absolute Gasteiger partial charge is 0.378 e. The van der Waals surface area contributed by atoms with E-state index in [-0.39, 0.29) is 5.57 Å². The predicted molar refractivity (Wildman–Crippen MR) is 95.3 cm³/mol. The lowest BCUT2D eigenvalue weighted by Gasteiger charge is -2.11. The normalized spacial score (nSPS) is 9.91. The summed E-state index contributed by atoms with van der Waals surface area (Å²) < 4.78 is 0. The first-order valence-corrected chi connectivity index (χ1v) is 7.20. The van der Waals surface area contributed by atoms with Gasteiger partial charge in [-0.2, -0.15) is 10.5 Å². The minimum Gasteiger partial charge on any atom is -0.378 e. The van der Waals surface area contributed by atoms with Crippen LogP contribution in [0.2, 0.25) is 0 Å². The van der Waals surface area contributed by atoms with Gasteiger partial charge in [-0.05, 0) is 34.9 Å². The van der Waals surface area contributed by atoms with Crippen LogP contribution in [0.1, 0.15) is 16.7 Å². The zero-order valence-corrected chi connectivity index (χ0v) is 13.2. The minimum absolute atomic E-state index is 0.106. The van der Waals surface area contributed by atoms with E-state index in [4.69, 9.17) is 10.5 Å². The fraction of sp³-hybridized carbons (Fsp3) is 0.100. The number of nitriles is 2. The van der Waals surface area contributed by atoms with Crippen molar-refractivity contribution in [2.24, 2.45) is 0 Å². The van der Waals surface area contributed by atoms with E-state index in [1.165, 1.54) is 5.69 Å². The molecule has 0 aromatic heterocycles. The fourth-order valence-corrected chi connectivity index (χ4v) is 2.04. The molecule has 0 bridgehead atoms. The third-order valence-corrected chi connectivity index (χ3v) is 3.37. The van der Waals surface area contributed by atoms with Crippen LogP contribution >= 0.6 is 0 Å². The van der Waals surface area contributed by atoms with Gasteiger partial charge in [0.1, 0.15) is 17.7 Å². The zero-order valence-electron chi connectivity index (χ0n) is 13.2. The minimum atomic E-state index is 0.106. The molecule has 2 aromatic rings. The lowest BCUT2D eigenvalue weighted by atomic mass is 10.1. The van der Waals surface area contributed by atoms with E-state index >= 15 is 0 Å². The summed E-state index contributed by atoms with van der Waals surface area (Å²) in [7, 11) is 4.04. The molecule has 0 aliphatic rings. The van der Waals surface area contributed by atoms with Gasteiger partial charge in [-0.3, -0.25) is 0 Å². The molecule has 2 rings (SSSR count). The molecular formula is C20H17N3. The quantitative estimate of drug-likeness (QED) is 0.623. The maximum atomic E-state index is 8.75. The van der Waals surface area contributed by atoms with Crippen LogP contribution in [0.5, 0.6) is 0 Å². The number of nitrogens with zero attached hydrogens (tertiary/aromatic N) is 3. The highest BCUT2D eigenvalue weighted by molar-refractivity contribution is 5.71. The van der Waals surface area contributed by atoms with Crippen LogP contribution in [0.25, 0.3) is 18.2 Å². The molecule has 0 amide bonds. The van der Waals surface area contributed by atoms with Gasteiger partial charge in [0, 0.05) is 19.8 Å². The highest BCUT2D eigenvalue weighted by atomic mass is 15.1. The van der Waals surface area contributed by atoms with Gasteiger partial charge in [-0.1, -0.05) is 48.6 Å². The molecule has 0 aliphatic heterocycles. The molecule has 0 saturated carbocycles. The van der Waals surface area contributed by atoms with Crippen molar-refractivity contribution in [3.05, 3.63) is 70.8 Å². The standard InChI is InChI=1S/C20H17N3/c1-23(2)20-11-9-17(10-12-20)4-3-16-5-7-18(8-6-16)13-19(14-21)15-22/h3-13H,1-2H3. The van der Waals surface area contributed by atoms with E-state index in [1.807, 2.05) is 56.6 Å². The molecule has 0 unspecified atom stereocenters. The van der Waals surface area contributed by atoms with Crippen molar-refractivity contribution in [1.29, 1.82) is 10.5 Å². The molecule has 0 fully saturated rings. The highest BCUT2D eigenvalue weighted by Gasteiger charge is 1.95. The molecule has 0 heterocycles. The van der Waals surface area contributed by atoms with Crippen molar-refractivity contribution in [3.63, 3.8) is 0 Å². The van der Waals surface area contributed by atoms with Crippen LogP contribution in [0.4, 0.5) is 5.69 Å². The Morgan fingerprint density at radius 2 is 1.22 bits per heavy atom. The molecule has 112 valence electrons. The molecule has 3 heteroatoms. The van der Waals surface area contributed by atoms with Crippen LogP contribution < -0.4 is 4.90 Å². The Labute approximate surface area is 137 Å². The molecule has 0 saturated heterocycles. The van der Waals surface area contributed by atoms with Crippen LogP contribution in [0.3, 0.4) is 0 Å². The molecule has 0 atom stereocenters. The van der Waals surface area contributed by atoms with E-state index in [1.54, 1.807) is 6.08 Å². The van der Waals surface area contributed by atoms with E-state index in [9.17, 15) is 0 Å². The first kappa shape index (κ1) is 16.1. The van der Waals surface area contributed by atoms with Gasteiger partial charge in [0.15, 0.2) is 0 Å². The molecule has 23 heavy (non-hydrogen) atoms. The van der Waals surface area contributed by atoms with Gasteiger partial charge in [0.05, 0.1) is 0 Å². The zero-order chi connectivity index (χ0) is 16.7. The summed E-state index contributed by atoms with van der Waals surface area (Å²) in [6.07, 6.45) is 5.67. The Kier molecular flexibility index (Phi) is 5.34. The lowest BCUT2D eigenvalue weighted by molar-refractivity contribution is 1.13. The van der Waals surface area contributed by atoms with Gasteiger partial charge >= 0.3 is 0 Å². The summed E-state index contributed by atoms with van der Waals surface area (Å²) in [6, 6.07) is 19.7. The summed E-state index contributed by atoms with van der Waals surface area (Å²) in [5.41, 5.74) is 4.32. The Bertz CT molecular complexity index is 780. The smallest absolute Gasteiger partial charge is 0.130 e. The van der Waals surface area contributed by atoms with Crippen LogP contribution in [0.15, 0.2) is 54.1 Å². The lowest BCUT2D eigenvalue weighted by Crippen LogP contribution is -2.07. The van der Waals surface area contributed by atoms with Gasteiger partial charge in [-0.15, -0.1) is 0 Å². The molecule has 0 spiro atoms. The second-order valence-electron chi connectivity index (χ2n) is 5.27. The highest BCUT2D eigenvalue weighted by Crippen LogP contribution is 2.15. The molecule has 0 aliphatic carbocycles. The number of anilines is 1. The Morgan fingerprint density at radius 3 is 1.65 bits per heavy atom. The molecule has 0 N–H and O–H groups in total. The fourth-order valence-electron chi connectivity index (χ4n) is 2.04. The summed E-state index contributed by atoms with van der Waals surface area (Å²) in [5.74, 6) is 0. The van der Waals surface area contributed by atoms with E-state index < -0.39 is 0 Å². The number of hydrogen-bond donors (Lipinski definition) is 0. The van der Waals surface area contributed by atoms with Crippen LogP contribution in [0, 0.1) is 22.7 Å². The molecular weight excluding hydrogens is 282 g/mol. The molecule has 2 aromatic carbocycles. The molecule has 3 nitrogen and oxygen atoms in total. The van der Waals surface area contributed by atoms with Crippen molar-refractivity contribution >= 4 is 23.9 Å². The van der Waals surface area contributed by atoms with Crippen LogP contribution in [-0.2, 0) is 0 Å². The number of hydrogen-bond acceptors (Lipinski definition) is 3. The van der Waals surface area contributed by atoms with Crippen LogP contribution in [-0.4, -0.2) is 14.1 Å². The van der Waals surface area contributed by atoms with Crippen molar-refractivity contribution in [3.8, 4) is 12.1 Å². The second kappa shape index (κ2) is 7.64. The van der Waals surface area contributed by atoms with Gasteiger partial charge < -0.3 is 4.90 Å². The van der Waals surface area contributed by atoms with Gasteiger partial charge in [0.2, 0.25) is 0 Å². The first-order chi connectivity index (χ1) is 11.1. The monoisotopic (exact) mass is 299 g/mol. The van der Waals surface area contributed by atoms with E-state index in [0.29, 0.717) is 0 Å². The van der Waals surface area contributed by atoms with Gasteiger partial charge in [0.25, 0.3) is 0 Å². The maximum Gasteiger partial charge on any atom is 0.130 e. The average molecular weight is 299 g/mol.